The van der Waals surface area contributed by atoms with Crippen LogP contribution in [0, 0.1) is 17.0 Å². The minimum Gasteiger partial charge on any atom is -0.423 e. The van der Waals surface area contributed by atoms with E-state index in [-0.39, 0.29) is 22.4 Å². The Kier molecular flexibility index (Phi) is 7.82. The molecule has 0 atom stereocenters. The van der Waals surface area contributed by atoms with E-state index < -0.39 is 52.2 Å². The molecule has 0 N–H and O–H groups in total. The summed E-state index contributed by atoms with van der Waals surface area (Å²) in [6, 6.07) is 21.3. The quantitative estimate of drug-likeness (QED) is 0.0663. The Hall–Kier alpha value is -5.68. The maximum absolute atomic E-state index is 13.6. The van der Waals surface area contributed by atoms with Crippen LogP contribution in [0.25, 0.3) is 0 Å². The van der Waals surface area contributed by atoms with E-state index in [0.717, 1.165) is 11.6 Å². The summed E-state index contributed by atoms with van der Waals surface area (Å²) in [6.45, 7) is 1.11. The van der Waals surface area contributed by atoms with E-state index in [0.29, 0.717) is 20.6 Å². The average Bonchev–Trinajstić information content (AvgIpc) is 3.25. The summed E-state index contributed by atoms with van der Waals surface area (Å²) >= 11 is 5.93. The van der Waals surface area contributed by atoms with Crippen LogP contribution in [0.15, 0.2) is 91.0 Å². The van der Waals surface area contributed by atoms with Crippen LogP contribution in [-0.2, 0) is 0 Å². The van der Waals surface area contributed by atoms with Crippen LogP contribution in [-0.4, -0.2) is 51.0 Å². The molecule has 4 aromatic carbocycles. The molecule has 0 aromatic heterocycles. The van der Waals surface area contributed by atoms with Crippen LogP contribution in [0.3, 0.4) is 0 Å². The van der Waals surface area contributed by atoms with Gasteiger partial charge in [-0.05, 0) is 73.7 Å². The number of hydrogen-bond acceptors (Lipinski definition) is 8. The van der Waals surface area contributed by atoms with E-state index in [1.165, 1.54) is 60.7 Å². The number of carbonyl (C=O) groups is 5. The van der Waals surface area contributed by atoms with Crippen molar-refractivity contribution in [3.8, 4) is 5.75 Å². The van der Waals surface area contributed by atoms with E-state index in [2.05, 4.69) is 0 Å². The van der Waals surface area contributed by atoms with Crippen molar-refractivity contribution in [3.63, 3.8) is 0 Å². The molecule has 0 saturated carbocycles. The highest BCUT2D eigenvalue weighted by atomic mass is 35.5. The highest BCUT2D eigenvalue weighted by Crippen LogP contribution is 2.32. The molecule has 0 bridgehead atoms. The van der Waals surface area contributed by atoms with E-state index >= 15 is 0 Å². The standard InChI is InChI=1S/C31H20ClN3O8/c1-18-5-7-21(8-6-18)31(40)43-23-15-11-19(12-16-23)26(36)17-33(28(37)20-9-13-22(32)14-10-20)34-29(38)24-3-2-4-25(35(41)42)27(24)30(34)39/h2-16H,17H2,1H3. The zero-order valence-corrected chi connectivity index (χ0v) is 23.1. The lowest BCUT2D eigenvalue weighted by Crippen LogP contribution is -2.51. The van der Waals surface area contributed by atoms with Crippen LogP contribution in [0.5, 0.6) is 5.75 Å². The molecule has 5 rings (SSSR count). The molecule has 0 radical (unpaired) electrons. The molecule has 0 fully saturated rings. The Labute approximate surface area is 249 Å². The summed E-state index contributed by atoms with van der Waals surface area (Å²) in [5.41, 5.74) is 0.0113. The summed E-state index contributed by atoms with van der Waals surface area (Å²) in [7, 11) is 0. The number of Topliss-reactive ketones (excluding diaryl/α,β-unsaturated/α-hetero) is 1. The third kappa shape index (κ3) is 5.74. The van der Waals surface area contributed by atoms with Gasteiger partial charge in [0.05, 0.1) is 16.1 Å². The Morgan fingerprint density at radius 1 is 0.837 bits per heavy atom. The largest absolute Gasteiger partial charge is 0.423 e. The van der Waals surface area contributed by atoms with Crippen LogP contribution < -0.4 is 4.74 Å². The monoisotopic (exact) mass is 597 g/mol. The van der Waals surface area contributed by atoms with Gasteiger partial charge in [-0.2, -0.15) is 5.01 Å². The van der Waals surface area contributed by atoms with Gasteiger partial charge in [-0.25, -0.2) is 9.80 Å². The van der Waals surface area contributed by atoms with Gasteiger partial charge in [0.2, 0.25) is 0 Å². The van der Waals surface area contributed by atoms with Crippen molar-refractivity contribution in [2.75, 3.05) is 6.54 Å². The molecule has 4 aromatic rings. The second-order valence-corrected chi connectivity index (χ2v) is 9.89. The van der Waals surface area contributed by atoms with Gasteiger partial charge in [-0.3, -0.25) is 29.3 Å². The summed E-state index contributed by atoms with van der Waals surface area (Å²) in [6.07, 6.45) is 0. The normalized spacial score (nSPS) is 12.1. The molecule has 1 aliphatic heterocycles. The zero-order chi connectivity index (χ0) is 30.8. The summed E-state index contributed by atoms with van der Waals surface area (Å²) < 4.78 is 5.36. The molecular formula is C31H20ClN3O8. The van der Waals surface area contributed by atoms with Gasteiger partial charge in [0, 0.05) is 22.2 Å². The van der Waals surface area contributed by atoms with Gasteiger partial charge in [0.15, 0.2) is 5.78 Å². The fourth-order valence-electron chi connectivity index (χ4n) is 4.39. The van der Waals surface area contributed by atoms with Gasteiger partial charge in [-0.15, -0.1) is 0 Å². The Balaban J connectivity index is 1.42. The van der Waals surface area contributed by atoms with Crippen LogP contribution in [0.4, 0.5) is 5.69 Å². The topological polar surface area (TPSA) is 144 Å². The lowest BCUT2D eigenvalue weighted by atomic mass is 10.1. The van der Waals surface area contributed by atoms with Crippen molar-refractivity contribution < 1.29 is 33.6 Å². The first-order valence-electron chi connectivity index (χ1n) is 12.7. The maximum atomic E-state index is 13.6. The first kappa shape index (κ1) is 28.8. The number of hydrazine groups is 1. The molecule has 3 amide bonds. The average molecular weight is 598 g/mol. The first-order chi connectivity index (χ1) is 20.5. The smallest absolute Gasteiger partial charge is 0.343 e. The number of amides is 3. The number of nitrogens with zero attached hydrogens (tertiary/aromatic N) is 3. The molecule has 0 spiro atoms. The number of carbonyl (C=O) groups excluding carboxylic acids is 5. The zero-order valence-electron chi connectivity index (χ0n) is 22.4. The number of imide groups is 1. The number of aryl methyl sites for hydroxylation is 1. The second-order valence-electron chi connectivity index (χ2n) is 9.45. The lowest BCUT2D eigenvalue weighted by Gasteiger charge is -2.29. The highest BCUT2D eigenvalue weighted by Gasteiger charge is 2.46. The third-order valence-corrected chi connectivity index (χ3v) is 6.85. The molecule has 12 heteroatoms. The molecule has 1 heterocycles. The highest BCUT2D eigenvalue weighted by molar-refractivity contribution is 6.30. The number of benzene rings is 4. The molecule has 43 heavy (non-hydrogen) atoms. The first-order valence-corrected chi connectivity index (χ1v) is 13.1. The fourth-order valence-corrected chi connectivity index (χ4v) is 4.52. The summed E-state index contributed by atoms with van der Waals surface area (Å²) in [5, 5.41) is 13.0. The molecule has 214 valence electrons. The maximum Gasteiger partial charge on any atom is 0.343 e. The van der Waals surface area contributed by atoms with E-state index in [4.69, 9.17) is 16.3 Å². The number of ketones is 1. The van der Waals surface area contributed by atoms with Crippen LogP contribution >= 0.6 is 11.6 Å². The van der Waals surface area contributed by atoms with Crippen molar-refractivity contribution >= 4 is 46.8 Å². The molecule has 0 unspecified atom stereocenters. The SMILES string of the molecule is Cc1ccc(C(=O)Oc2ccc(C(=O)CN(C(=O)c3ccc(Cl)cc3)N3C(=O)c4cccc([N+](=O)[O-])c4C3=O)cc2)cc1. The minimum atomic E-state index is -1.12. The fraction of sp³-hybridized carbons (Fsp3) is 0.0645. The van der Waals surface area contributed by atoms with Crippen molar-refractivity contribution in [1.29, 1.82) is 0 Å². The molecular weight excluding hydrogens is 578 g/mol. The van der Waals surface area contributed by atoms with Gasteiger partial charge in [0.25, 0.3) is 23.4 Å². The van der Waals surface area contributed by atoms with Crippen LogP contribution in [0.1, 0.15) is 57.4 Å². The number of esters is 1. The number of hydrogen-bond donors (Lipinski definition) is 0. The molecule has 0 aliphatic carbocycles. The minimum absolute atomic E-state index is 0.00150. The molecule has 0 saturated heterocycles. The Morgan fingerprint density at radius 3 is 2.07 bits per heavy atom. The number of nitro benzene ring substituents is 1. The van der Waals surface area contributed by atoms with E-state index in [1.54, 1.807) is 24.3 Å². The number of ether oxygens (including phenoxy) is 1. The predicted octanol–water partition coefficient (Wildman–Crippen LogP) is 5.31. The molecule has 11 nitrogen and oxygen atoms in total. The summed E-state index contributed by atoms with van der Waals surface area (Å²) in [4.78, 5) is 76.9. The van der Waals surface area contributed by atoms with Gasteiger partial charge in [-0.1, -0.05) is 35.4 Å². The van der Waals surface area contributed by atoms with Gasteiger partial charge < -0.3 is 4.74 Å². The van der Waals surface area contributed by atoms with Gasteiger partial charge in [0.1, 0.15) is 17.9 Å². The predicted molar refractivity (Wildman–Crippen MR) is 153 cm³/mol. The lowest BCUT2D eigenvalue weighted by molar-refractivity contribution is -0.385. The van der Waals surface area contributed by atoms with E-state index in [9.17, 15) is 34.1 Å². The summed E-state index contributed by atoms with van der Waals surface area (Å²) in [5.74, 6) is -4.14. The van der Waals surface area contributed by atoms with Crippen LogP contribution in [0.2, 0.25) is 5.02 Å². The number of nitro groups is 1. The van der Waals surface area contributed by atoms with Crippen molar-refractivity contribution in [2.45, 2.75) is 6.92 Å². The van der Waals surface area contributed by atoms with Crippen molar-refractivity contribution in [2.24, 2.45) is 0 Å². The number of fused-ring (bicyclic) bond motifs is 1. The Bertz CT molecular complexity index is 1800. The number of rotatable bonds is 8. The Morgan fingerprint density at radius 2 is 1.44 bits per heavy atom. The van der Waals surface area contributed by atoms with E-state index in [1.807, 2.05) is 6.92 Å². The second kappa shape index (κ2) is 11.7. The van der Waals surface area contributed by atoms with Gasteiger partial charge >= 0.3 is 5.97 Å². The van der Waals surface area contributed by atoms with Crippen molar-refractivity contribution in [1.82, 2.24) is 10.0 Å². The number of halogens is 1. The molecule has 1 aliphatic rings. The van der Waals surface area contributed by atoms with Crippen molar-refractivity contribution in [3.05, 3.63) is 140 Å². The third-order valence-electron chi connectivity index (χ3n) is 6.60.